The summed E-state index contributed by atoms with van der Waals surface area (Å²) in [5.74, 6) is -5.62. The molecule has 1 saturated carbocycles. The molecular formula is C11H16F2O4. The number of hydrogen-bond donors (Lipinski definition) is 0. The van der Waals surface area contributed by atoms with Gasteiger partial charge in [0.2, 0.25) is 5.92 Å². The van der Waals surface area contributed by atoms with E-state index in [0.29, 0.717) is 0 Å². The molecule has 0 unspecified atom stereocenters. The Labute approximate surface area is 98.3 Å². The quantitative estimate of drug-likeness (QED) is 0.566. The van der Waals surface area contributed by atoms with Crippen molar-refractivity contribution in [2.24, 2.45) is 11.8 Å². The van der Waals surface area contributed by atoms with Gasteiger partial charge in [-0.05, 0) is 18.8 Å². The average Bonchev–Trinajstić information content (AvgIpc) is 2.30. The monoisotopic (exact) mass is 250 g/mol. The van der Waals surface area contributed by atoms with E-state index in [0.717, 1.165) is 14.2 Å². The highest BCUT2D eigenvalue weighted by Gasteiger charge is 2.43. The fraction of sp³-hybridized carbons (Fsp3) is 0.818. The predicted molar refractivity (Wildman–Crippen MR) is 54.4 cm³/mol. The van der Waals surface area contributed by atoms with Crippen molar-refractivity contribution in [1.82, 2.24) is 0 Å². The summed E-state index contributed by atoms with van der Waals surface area (Å²) >= 11 is 0. The summed E-state index contributed by atoms with van der Waals surface area (Å²) in [7, 11) is 2.32. The van der Waals surface area contributed by atoms with Gasteiger partial charge >= 0.3 is 11.9 Å². The molecule has 0 N–H and O–H groups in total. The number of rotatable bonds is 3. The van der Waals surface area contributed by atoms with E-state index in [1.807, 2.05) is 0 Å². The highest BCUT2D eigenvalue weighted by Crippen LogP contribution is 2.39. The normalized spacial score (nSPS) is 20.1. The van der Waals surface area contributed by atoms with Crippen molar-refractivity contribution >= 4 is 11.9 Å². The topological polar surface area (TPSA) is 52.6 Å². The summed E-state index contributed by atoms with van der Waals surface area (Å²) in [6.45, 7) is 0. The third-order valence-corrected chi connectivity index (χ3v) is 3.14. The zero-order valence-electron chi connectivity index (χ0n) is 9.87. The molecular weight excluding hydrogens is 234 g/mol. The van der Waals surface area contributed by atoms with Crippen LogP contribution in [-0.4, -0.2) is 32.1 Å². The maximum Gasteiger partial charge on any atom is 0.320 e. The van der Waals surface area contributed by atoms with Crippen molar-refractivity contribution in [1.29, 1.82) is 0 Å². The van der Waals surface area contributed by atoms with Crippen LogP contribution in [0.3, 0.4) is 0 Å². The van der Waals surface area contributed by atoms with Crippen LogP contribution in [0.2, 0.25) is 0 Å². The van der Waals surface area contributed by atoms with Gasteiger partial charge in [-0.25, -0.2) is 8.78 Å². The van der Waals surface area contributed by atoms with E-state index in [9.17, 15) is 18.4 Å². The molecule has 1 rings (SSSR count). The SMILES string of the molecule is COC(=O)C(C(=O)OC)C1CCC(F)(F)CC1. The molecule has 0 heterocycles. The van der Waals surface area contributed by atoms with Crippen molar-refractivity contribution in [3.8, 4) is 0 Å². The molecule has 0 atom stereocenters. The van der Waals surface area contributed by atoms with Gasteiger partial charge in [-0.15, -0.1) is 0 Å². The Bertz CT molecular complexity index is 278. The minimum Gasteiger partial charge on any atom is -0.468 e. The van der Waals surface area contributed by atoms with Gasteiger partial charge in [-0.2, -0.15) is 0 Å². The molecule has 0 spiro atoms. The van der Waals surface area contributed by atoms with Crippen molar-refractivity contribution in [2.45, 2.75) is 31.6 Å². The highest BCUT2D eigenvalue weighted by molar-refractivity contribution is 5.95. The molecule has 0 amide bonds. The van der Waals surface area contributed by atoms with Crippen LogP contribution in [0, 0.1) is 11.8 Å². The number of ether oxygens (including phenoxy) is 2. The van der Waals surface area contributed by atoms with E-state index in [2.05, 4.69) is 9.47 Å². The average molecular weight is 250 g/mol. The first-order valence-electron chi connectivity index (χ1n) is 5.45. The first-order valence-corrected chi connectivity index (χ1v) is 5.45. The fourth-order valence-electron chi connectivity index (χ4n) is 2.13. The molecule has 17 heavy (non-hydrogen) atoms. The second-order valence-corrected chi connectivity index (χ2v) is 4.22. The zero-order valence-corrected chi connectivity index (χ0v) is 9.87. The van der Waals surface area contributed by atoms with Crippen LogP contribution in [0.1, 0.15) is 25.7 Å². The van der Waals surface area contributed by atoms with Gasteiger partial charge in [0.15, 0.2) is 5.92 Å². The number of hydrogen-bond acceptors (Lipinski definition) is 4. The van der Waals surface area contributed by atoms with Gasteiger partial charge in [-0.3, -0.25) is 9.59 Å². The van der Waals surface area contributed by atoms with Crippen molar-refractivity contribution in [3.63, 3.8) is 0 Å². The lowest BCUT2D eigenvalue weighted by Gasteiger charge is -2.31. The van der Waals surface area contributed by atoms with Crippen LogP contribution < -0.4 is 0 Å². The maximum absolute atomic E-state index is 13.0. The van der Waals surface area contributed by atoms with E-state index in [4.69, 9.17) is 0 Å². The Kier molecular flexibility index (Phi) is 4.42. The molecule has 0 bridgehead atoms. The van der Waals surface area contributed by atoms with Crippen LogP contribution in [-0.2, 0) is 19.1 Å². The molecule has 1 aliphatic carbocycles. The molecule has 0 aromatic rings. The molecule has 6 heteroatoms. The Hall–Kier alpha value is -1.20. The van der Waals surface area contributed by atoms with E-state index >= 15 is 0 Å². The molecule has 1 fully saturated rings. The van der Waals surface area contributed by atoms with Crippen LogP contribution >= 0.6 is 0 Å². The second-order valence-electron chi connectivity index (χ2n) is 4.22. The minimum atomic E-state index is -2.69. The Morgan fingerprint density at radius 2 is 1.53 bits per heavy atom. The number of halogens is 2. The van der Waals surface area contributed by atoms with Gasteiger partial charge in [0.25, 0.3) is 0 Å². The largest absolute Gasteiger partial charge is 0.468 e. The lowest BCUT2D eigenvalue weighted by Crippen LogP contribution is -2.37. The maximum atomic E-state index is 13.0. The van der Waals surface area contributed by atoms with E-state index < -0.39 is 29.7 Å². The second kappa shape index (κ2) is 5.42. The van der Waals surface area contributed by atoms with Gasteiger partial charge in [-0.1, -0.05) is 0 Å². The molecule has 0 saturated heterocycles. The molecule has 0 aromatic carbocycles. The lowest BCUT2D eigenvalue weighted by atomic mass is 9.78. The molecule has 1 aliphatic rings. The van der Waals surface area contributed by atoms with Crippen molar-refractivity contribution in [3.05, 3.63) is 0 Å². The van der Waals surface area contributed by atoms with Crippen LogP contribution in [0.4, 0.5) is 8.78 Å². The van der Waals surface area contributed by atoms with Gasteiger partial charge in [0.05, 0.1) is 14.2 Å². The zero-order chi connectivity index (χ0) is 13.1. The highest BCUT2D eigenvalue weighted by atomic mass is 19.3. The van der Waals surface area contributed by atoms with E-state index in [1.165, 1.54) is 0 Å². The number of carbonyl (C=O) groups excluding carboxylic acids is 2. The third kappa shape index (κ3) is 3.38. The molecule has 98 valence electrons. The van der Waals surface area contributed by atoms with Crippen LogP contribution in [0.5, 0.6) is 0 Å². The molecule has 4 nitrogen and oxygen atoms in total. The molecule has 0 aromatic heterocycles. The van der Waals surface area contributed by atoms with Gasteiger partial charge in [0.1, 0.15) is 0 Å². The minimum absolute atomic E-state index is 0.127. The Morgan fingerprint density at radius 1 is 1.12 bits per heavy atom. The third-order valence-electron chi connectivity index (χ3n) is 3.14. The molecule has 0 radical (unpaired) electrons. The smallest absolute Gasteiger partial charge is 0.320 e. The fourth-order valence-corrected chi connectivity index (χ4v) is 2.13. The summed E-state index contributed by atoms with van der Waals surface area (Å²) in [5.41, 5.74) is 0. The van der Waals surface area contributed by atoms with Crippen LogP contribution in [0.15, 0.2) is 0 Å². The number of alkyl halides is 2. The predicted octanol–water partition coefficient (Wildman–Crippen LogP) is 1.77. The van der Waals surface area contributed by atoms with Gasteiger partial charge < -0.3 is 9.47 Å². The number of esters is 2. The standard InChI is InChI=1S/C11H16F2O4/c1-16-9(14)8(10(15)17-2)7-3-5-11(12,13)6-4-7/h7-8H,3-6H2,1-2H3. The van der Waals surface area contributed by atoms with Crippen molar-refractivity contribution < 1.29 is 27.8 Å². The molecule has 0 aliphatic heterocycles. The van der Waals surface area contributed by atoms with Gasteiger partial charge in [0, 0.05) is 12.8 Å². The van der Waals surface area contributed by atoms with E-state index in [-0.39, 0.29) is 25.7 Å². The number of methoxy groups -OCH3 is 2. The summed E-state index contributed by atoms with van der Waals surface area (Å²) in [6, 6.07) is 0. The summed E-state index contributed by atoms with van der Waals surface area (Å²) in [6.07, 6.45) is -0.353. The Balaban J connectivity index is 2.72. The van der Waals surface area contributed by atoms with E-state index in [1.54, 1.807) is 0 Å². The first-order chi connectivity index (χ1) is 7.91. The lowest BCUT2D eigenvalue weighted by molar-refractivity contribution is -0.164. The summed E-state index contributed by atoms with van der Waals surface area (Å²) < 4.78 is 35.0. The number of carbonyl (C=O) groups is 2. The first kappa shape index (κ1) is 13.9. The van der Waals surface area contributed by atoms with Crippen molar-refractivity contribution in [2.75, 3.05) is 14.2 Å². The summed E-state index contributed by atoms with van der Waals surface area (Å²) in [5, 5.41) is 0. The summed E-state index contributed by atoms with van der Waals surface area (Å²) in [4.78, 5) is 22.9. The Morgan fingerprint density at radius 3 is 1.88 bits per heavy atom. The van der Waals surface area contributed by atoms with Crippen LogP contribution in [0.25, 0.3) is 0 Å².